The lowest BCUT2D eigenvalue weighted by Crippen LogP contribution is -2.38. The van der Waals surface area contributed by atoms with Crippen molar-refractivity contribution in [1.82, 2.24) is 5.32 Å². The first-order valence-electron chi connectivity index (χ1n) is 8.55. The zero-order valence-electron chi connectivity index (χ0n) is 14.3. The van der Waals surface area contributed by atoms with Crippen LogP contribution in [-0.2, 0) is 17.8 Å². The second kappa shape index (κ2) is 7.66. The molecule has 2 aromatic rings. The van der Waals surface area contributed by atoms with Crippen LogP contribution in [0.2, 0.25) is 0 Å². The van der Waals surface area contributed by atoms with Crippen LogP contribution < -0.4 is 15.8 Å². The summed E-state index contributed by atoms with van der Waals surface area (Å²) in [5, 5.41) is 3.11. The molecule has 1 heterocycles. The van der Waals surface area contributed by atoms with Crippen LogP contribution in [-0.4, -0.2) is 18.6 Å². The van der Waals surface area contributed by atoms with Gasteiger partial charge in [0.05, 0.1) is 12.6 Å². The number of benzene rings is 2. The Morgan fingerprint density at radius 3 is 2.92 bits per heavy atom. The number of nitrogens with one attached hydrogen (secondary N) is 1. The lowest BCUT2D eigenvalue weighted by atomic mass is 9.93. The third-order valence-electron chi connectivity index (χ3n) is 4.66. The summed E-state index contributed by atoms with van der Waals surface area (Å²) in [5.41, 5.74) is 8.54. The third-order valence-corrected chi connectivity index (χ3v) is 4.66. The Morgan fingerprint density at radius 2 is 2.16 bits per heavy atom. The second-order valence-corrected chi connectivity index (χ2v) is 6.55. The Hall–Kier alpha value is -2.40. The Morgan fingerprint density at radius 1 is 1.32 bits per heavy atom. The van der Waals surface area contributed by atoms with Gasteiger partial charge in [0, 0.05) is 18.0 Å². The van der Waals surface area contributed by atoms with E-state index in [-0.39, 0.29) is 17.8 Å². The van der Waals surface area contributed by atoms with Crippen LogP contribution in [0, 0.1) is 5.82 Å². The summed E-state index contributed by atoms with van der Waals surface area (Å²) in [6.45, 7) is 2.98. The van der Waals surface area contributed by atoms with Crippen molar-refractivity contribution in [2.75, 3.05) is 6.61 Å². The Labute approximate surface area is 147 Å². The van der Waals surface area contributed by atoms with E-state index in [0.717, 1.165) is 29.7 Å². The van der Waals surface area contributed by atoms with Gasteiger partial charge in [-0.2, -0.15) is 0 Å². The molecule has 3 N–H and O–H groups in total. The van der Waals surface area contributed by atoms with Crippen LogP contribution in [0.5, 0.6) is 5.75 Å². The van der Waals surface area contributed by atoms with Gasteiger partial charge in [0.1, 0.15) is 11.6 Å². The predicted molar refractivity (Wildman–Crippen MR) is 94.9 cm³/mol. The second-order valence-electron chi connectivity index (χ2n) is 6.55. The van der Waals surface area contributed by atoms with Crippen molar-refractivity contribution < 1.29 is 13.9 Å². The summed E-state index contributed by atoms with van der Waals surface area (Å²) in [6.07, 6.45) is 1.72. The van der Waals surface area contributed by atoms with E-state index in [1.165, 1.54) is 11.6 Å². The quantitative estimate of drug-likeness (QED) is 0.813. The molecule has 2 unspecified atom stereocenters. The zero-order chi connectivity index (χ0) is 17.8. The molecule has 0 bridgehead atoms. The highest BCUT2D eigenvalue weighted by Crippen LogP contribution is 2.37. The fraction of sp³-hybridized carbons (Fsp3) is 0.350. The average Bonchev–Trinajstić information content (AvgIpc) is 3.00. The van der Waals surface area contributed by atoms with E-state index < -0.39 is 0 Å². The first-order chi connectivity index (χ1) is 12.0. The van der Waals surface area contributed by atoms with Crippen LogP contribution in [0.25, 0.3) is 0 Å². The Bertz CT molecular complexity index is 763. The molecule has 4 nitrogen and oxygen atoms in total. The molecule has 132 valence electrons. The molecule has 3 rings (SSSR count). The number of nitrogens with two attached hydrogens (primary N) is 1. The normalized spacial score (nSPS) is 17.0. The molecule has 0 spiro atoms. The molecule has 1 aliphatic heterocycles. The molecule has 0 aliphatic carbocycles. The molecule has 1 amide bonds. The van der Waals surface area contributed by atoms with Gasteiger partial charge in [-0.05, 0) is 49.1 Å². The van der Waals surface area contributed by atoms with E-state index in [9.17, 15) is 9.18 Å². The minimum atomic E-state index is -0.367. The standard InChI is InChI=1S/C20H23FN2O2/c1-13(20(22)24)23-11-15-6-8-19-18(10-15)16(12-25-19)7-5-14-3-2-4-17(21)9-14/h2-4,6,8-10,13,16,23H,5,7,11-12H2,1H3,(H2,22,24). The number of ether oxygens (including phenoxy) is 1. The molecular weight excluding hydrogens is 319 g/mol. The number of carbonyl (C=O) groups excluding carboxylic acids is 1. The van der Waals surface area contributed by atoms with Gasteiger partial charge in [-0.15, -0.1) is 0 Å². The lowest BCUT2D eigenvalue weighted by Gasteiger charge is -2.12. The monoisotopic (exact) mass is 342 g/mol. The fourth-order valence-electron chi connectivity index (χ4n) is 3.08. The van der Waals surface area contributed by atoms with Crippen molar-refractivity contribution >= 4 is 5.91 Å². The number of amides is 1. The largest absolute Gasteiger partial charge is 0.493 e. The summed E-state index contributed by atoms with van der Waals surface area (Å²) in [6, 6.07) is 12.5. The summed E-state index contributed by atoms with van der Waals surface area (Å²) < 4.78 is 19.1. The highest BCUT2D eigenvalue weighted by atomic mass is 19.1. The fourth-order valence-corrected chi connectivity index (χ4v) is 3.08. The Balaban J connectivity index is 1.64. The van der Waals surface area contributed by atoms with E-state index in [1.807, 2.05) is 18.2 Å². The van der Waals surface area contributed by atoms with E-state index in [2.05, 4.69) is 11.4 Å². The van der Waals surface area contributed by atoms with Gasteiger partial charge in [-0.25, -0.2) is 4.39 Å². The van der Waals surface area contributed by atoms with Crippen LogP contribution in [0.15, 0.2) is 42.5 Å². The molecule has 5 heteroatoms. The average molecular weight is 342 g/mol. The maximum atomic E-state index is 13.3. The van der Waals surface area contributed by atoms with Crippen molar-refractivity contribution in [3.63, 3.8) is 0 Å². The van der Waals surface area contributed by atoms with Gasteiger partial charge >= 0.3 is 0 Å². The zero-order valence-corrected chi connectivity index (χ0v) is 14.3. The summed E-state index contributed by atoms with van der Waals surface area (Å²) in [7, 11) is 0. The van der Waals surface area contributed by atoms with Gasteiger partial charge in [-0.3, -0.25) is 4.79 Å². The van der Waals surface area contributed by atoms with Crippen LogP contribution in [0.3, 0.4) is 0 Å². The number of hydrogen-bond acceptors (Lipinski definition) is 3. The first kappa shape index (κ1) is 17.4. The minimum Gasteiger partial charge on any atom is -0.493 e. The number of rotatable bonds is 7. The van der Waals surface area contributed by atoms with Crippen molar-refractivity contribution in [3.8, 4) is 5.75 Å². The number of primary amides is 1. The SMILES string of the molecule is CC(NCc1ccc2c(c1)C(CCc1cccc(F)c1)CO2)C(N)=O. The van der Waals surface area contributed by atoms with Gasteiger partial charge < -0.3 is 15.8 Å². The maximum absolute atomic E-state index is 13.3. The smallest absolute Gasteiger partial charge is 0.234 e. The molecule has 2 aromatic carbocycles. The van der Waals surface area contributed by atoms with E-state index in [4.69, 9.17) is 10.5 Å². The van der Waals surface area contributed by atoms with Gasteiger partial charge in [-0.1, -0.05) is 24.3 Å². The van der Waals surface area contributed by atoms with Crippen LogP contribution in [0.4, 0.5) is 4.39 Å². The molecule has 0 fully saturated rings. The molecule has 0 aromatic heterocycles. The van der Waals surface area contributed by atoms with Gasteiger partial charge in [0.15, 0.2) is 0 Å². The van der Waals surface area contributed by atoms with Crippen molar-refractivity contribution in [2.45, 2.75) is 38.3 Å². The maximum Gasteiger partial charge on any atom is 0.234 e. The number of carbonyl (C=O) groups is 1. The topological polar surface area (TPSA) is 64.3 Å². The lowest BCUT2D eigenvalue weighted by molar-refractivity contribution is -0.119. The highest BCUT2D eigenvalue weighted by Gasteiger charge is 2.24. The highest BCUT2D eigenvalue weighted by molar-refractivity contribution is 5.79. The summed E-state index contributed by atoms with van der Waals surface area (Å²) in [4.78, 5) is 11.1. The third kappa shape index (κ3) is 4.37. The molecule has 1 aliphatic rings. The van der Waals surface area contributed by atoms with Gasteiger partial charge in [0.25, 0.3) is 0 Å². The number of aryl methyl sites for hydroxylation is 1. The first-order valence-corrected chi connectivity index (χ1v) is 8.55. The molecule has 0 saturated heterocycles. The van der Waals surface area contributed by atoms with E-state index in [0.29, 0.717) is 19.1 Å². The molecule has 2 atom stereocenters. The molecular formula is C20H23FN2O2. The van der Waals surface area contributed by atoms with E-state index >= 15 is 0 Å². The number of halogens is 1. The van der Waals surface area contributed by atoms with Crippen molar-refractivity contribution in [1.29, 1.82) is 0 Å². The van der Waals surface area contributed by atoms with Crippen LogP contribution >= 0.6 is 0 Å². The van der Waals surface area contributed by atoms with Crippen molar-refractivity contribution in [2.24, 2.45) is 5.73 Å². The number of fused-ring (bicyclic) bond motifs is 1. The molecule has 0 radical (unpaired) electrons. The minimum absolute atomic E-state index is 0.197. The van der Waals surface area contributed by atoms with Crippen LogP contribution in [0.1, 0.15) is 36.0 Å². The van der Waals surface area contributed by atoms with Crippen molar-refractivity contribution in [3.05, 3.63) is 65.0 Å². The molecule has 0 saturated carbocycles. The number of hydrogen-bond donors (Lipinski definition) is 2. The summed E-state index contributed by atoms with van der Waals surface area (Å²) >= 11 is 0. The van der Waals surface area contributed by atoms with E-state index in [1.54, 1.807) is 19.1 Å². The molecule has 25 heavy (non-hydrogen) atoms. The predicted octanol–water partition coefficient (Wildman–Crippen LogP) is 2.90. The van der Waals surface area contributed by atoms with Gasteiger partial charge in [0.2, 0.25) is 5.91 Å². The summed E-state index contributed by atoms with van der Waals surface area (Å²) in [5.74, 6) is 0.651. The Kier molecular flexibility index (Phi) is 5.34.